The topological polar surface area (TPSA) is 88.0 Å². The average molecular weight is 344 g/mol. The lowest BCUT2D eigenvalue weighted by molar-refractivity contribution is 0.0697. The summed E-state index contributed by atoms with van der Waals surface area (Å²) in [6, 6.07) is 14.6. The van der Waals surface area contributed by atoms with Gasteiger partial charge in [0.05, 0.1) is 11.1 Å². The molecule has 0 spiro atoms. The molecule has 0 fully saturated rings. The highest BCUT2D eigenvalue weighted by Crippen LogP contribution is 2.30. The van der Waals surface area contributed by atoms with Crippen LogP contribution in [0.4, 0.5) is 11.5 Å². The lowest BCUT2D eigenvalue weighted by Crippen LogP contribution is -2.02. The second-order valence-electron chi connectivity index (χ2n) is 5.89. The first-order chi connectivity index (χ1) is 12.7. The fourth-order valence-corrected chi connectivity index (χ4v) is 2.87. The Bertz CT molecular complexity index is 1130. The minimum absolute atomic E-state index is 0.195. The molecule has 2 aromatic carbocycles. The quantitative estimate of drug-likeness (QED) is 0.540. The second-order valence-corrected chi connectivity index (χ2v) is 5.89. The Hall–Kier alpha value is -3.54. The predicted octanol–water partition coefficient (Wildman–Crippen LogP) is 4.18. The molecule has 6 nitrogen and oxygen atoms in total. The third-order valence-corrected chi connectivity index (χ3v) is 4.18. The molecule has 4 rings (SSSR count). The Morgan fingerprint density at radius 1 is 1.08 bits per heavy atom. The van der Waals surface area contributed by atoms with Crippen LogP contribution in [0.1, 0.15) is 23.1 Å². The first kappa shape index (κ1) is 16.0. The number of hydrogen-bond donors (Lipinski definition) is 2. The Morgan fingerprint density at radius 2 is 1.88 bits per heavy atom. The predicted molar refractivity (Wildman–Crippen MR) is 101 cm³/mol. The van der Waals surface area contributed by atoms with Crippen LogP contribution in [0.5, 0.6) is 0 Å². The maximum atomic E-state index is 11.3. The van der Waals surface area contributed by atoms with E-state index in [1.165, 1.54) is 0 Å². The van der Waals surface area contributed by atoms with Gasteiger partial charge in [-0.1, -0.05) is 31.2 Å². The number of carboxylic acids is 1. The second kappa shape index (κ2) is 6.40. The lowest BCUT2D eigenvalue weighted by Gasteiger charge is -2.12. The highest BCUT2D eigenvalue weighted by Gasteiger charge is 2.13. The van der Waals surface area contributed by atoms with E-state index in [9.17, 15) is 9.90 Å². The molecule has 0 unspecified atom stereocenters. The molecule has 128 valence electrons. The fraction of sp³-hybridized carbons (Fsp3) is 0.100. The SMILES string of the molecule is CCc1ncc2c(n1)c(Nc1ccccc1)nc1cc(C(=O)O)ccc12. The molecule has 0 amide bonds. The molecular weight excluding hydrogens is 328 g/mol. The van der Waals surface area contributed by atoms with E-state index >= 15 is 0 Å². The van der Waals surface area contributed by atoms with Crippen molar-refractivity contribution in [2.45, 2.75) is 13.3 Å². The first-order valence-electron chi connectivity index (χ1n) is 8.30. The maximum absolute atomic E-state index is 11.3. The Balaban J connectivity index is 1.99. The molecule has 6 heteroatoms. The van der Waals surface area contributed by atoms with E-state index in [0.717, 1.165) is 34.2 Å². The van der Waals surface area contributed by atoms with E-state index in [0.29, 0.717) is 11.3 Å². The van der Waals surface area contributed by atoms with Crippen LogP contribution >= 0.6 is 0 Å². The van der Waals surface area contributed by atoms with Crippen LogP contribution < -0.4 is 5.32 Å². The number of carboxylic acid groups (broad SMARTS) is 1. The summed E-state index contributed by atoms with van der Waals surface area (Å²) < 4.78 is 0. The summed E-state index contributed by atoms with van der Waals surface area (Å²) in [5.74, 6) is 0.333. The molecular formula is C20H16N4O2. The lowest BCUT2D eigenvalue weighted by atomic mass is 10.1. The van der Waals surface area contributed by atoms with Gasteiger partial charge in [0.2, 0.25) is 0 Å². The number of nitrogens with zero attached hydrogens (tertiary/aromatic N) is 3. The molecule has 26 heavy (non-hydrogen) atoms. The van der Waals surface area contributed by atoms with Gasteiger partial charge in [-0.3, -0.25) is 0 Å². The zero-order chi connectivity index (χ0) is 18.1. The number of carbonyl (C=O) groups is 1. The molecule has 0 aliphatic rings. The summed E-state index contributed by atoms with van der Waals surface area (Å²) in [6.45, 7) is 2.00. The van der Waals surface area contributed by atoms with Crippen molar-refractivity contribution in [2.75, 3.05) is 5.32 Å². The van der Waals surface area contributed by atoms with Crippen molar-refractivity contribution in [3.63, 3.8) is 0 Å². The van der Waals surface area contributed by atoms with E-state index in [1.807, 2.05) is 37.3 Å². The van der Waals surface area contributed by atoms with E-state index < -0.39 is 5.97 Å². The van der Waals surface area contributed by atoms with Crippen LogP contribution in [-0.4, -0.2) is 26.0 Å². The number of hydrogen-bond acceptors (Lipinski definition) is 5. The van der Waals surface area contributed by atoms with E-state index in [4.69, 9.17) is 0 Å². The Kier molecular flexibility index (Phi) is 3.93. The van der Waals surface area contributed by atoms with Crippen LogP contribution in [0.25, 0.3) is 21.8 Å². The average Bonchev–Trinajstić information content (AvgIpc) is 2.68. The number of fused-ring (bicyclic) bond motifs is 3. The molecule has 4 aromatic rings. The van der Waals surface area contributed by atoms with Gasteiger partial charge in [-0.15, -0.1) is 0 Å². The zero-order valence-electron chi connectivity index (χ0n) is 14.1. The molecule has 0 aliphatic carbocycles. The van der Waals surface area contributed by atoms with Crippen LogP contribution in [-0.2, 0) is 6.42 Å². The molecule has 2 N–H and O–H groups in total. The van der Waals surface area contributed by atoms with Crippen molar-refractivity contribution in [3.8, 4) is 0 Å². The number of aromatic nitrogens is 3. The number of aromatic carboxylic acids is 1. The normalized spacial score (nSPS) is 11.0. The summed E-state index contributed by atoms with van der Waals surface area (Å²) in [5.41, 5.74) is 2.38. The van der Waals surface area contributed by atoms with Gasteiger partial charge in [0, 0.05) is 29.1 Å². The fourth-order valence-electron chi connectivity index (χ4n) is 2.87. The third kappa shape index (κ3) is 2.82. The number of benzene rings is 2. The molecule has 0 saturated heterocycles. The molecule has 0 bridgehead atoms. The van der Waals surface area contributed by atoms with E-state index in [2.05, 4.69) is 20.3 Å². The summed E-state index contributed by atoms with van der Waals surface area (Å²) in [7, 11) is 0. The van der Waals surface area contributed by atoms with Gasteiger partial charge >= 0.3 is 5.97 Å². The smallest absolute Gasteiger partial charge is 0.335 e. The minimum Gasteiger partial charge on any atom is -0.478 e. The Labute approximate surface area is 149 Å². The molecule has 2 heterocycles. The number of para-hydroxylation sites is 1. The van der Waals surface area contributed by atoms with Crippen LogP contribution in [0.3, 0.4) is 0 Å². The first-order valence-corrected chi connectivity index (χ1v) is 8.30. The number of rotatable bonds is 4. The van der Waals surface area contributed by atoms with E-state index in [-0.39, 0.29) is 5.56 Å². The van der Waals surface area contributed by atoms with Crippen molar-refractivity contribution in [3.05, 3.63) is 66.1 Å². The summed E-state index contributed by atoms with van der Waals surface area (Å²) in [4.78, 5) is 25.0. The third-order valence-electron chi connectivity index (χ3n) is 4.18. The van der Waals surface area contributed by atoms with Crippen molar-refractivity contribution < 1.29 is 9.90 Å². The number of anilines is 2. The highest BCUT2D eigenvalue weighted by molar-refractivity contribution is 6.09. The van der Waals surface area contributed by atoms with Crippen molar-refractivity contribution in [1.82, 2.24) is 15.0 Å². The largest absolute Gasteiger partial charge is 0.478 e. The highest BCUT2D eigenvalue weighted by atomic mass is 16.4. The standard InChI is InChI=1S/C20H16N4O2/c1-2-17-21-11-15-14-9-8-12(20(25)26)10-16(14)23-19(18(15)24-17)22-13-6-4-3-5-7-13/h3-11H,2H2,1H3,(H,22,23)(H,25,26). The summed E-state index contributed by atoms with van der Waals surface area (Å²) in [5, 5.41) is 14.2. The van der Waals surface area contributed by atoms with Gasteiger partial charge in [-0.2, -0.15) is 0 Å². The molecule has 0 aliphatic heterocycles. The molecule has 0 saturated carbocycles. The van der Waals surface area contributed by atoms with Gasteiger partial charge in [0.15, 0.2) is 5.82 Å². The molecule has 0 radical (unpaired) electrons. The summed E-state index contributed by atoms with van der Waals surface area (Å²) >= 11 is 0. The van der Waals surface area contributed by atoms with Gasteiger partial charge in [0.1, 0.15) is 11.3 Å². The van der Waals surface area contributed by atoms with Gasteiger partial charge < -0.3 is 10.4 Å². The number of nitrogens with one attached hydrogen (secondary N) is 1. The van der Waals surface area contributed by atoms with Crippen molar-refractivity contribution in [1.29, 1.82) is 0 Å². The van der Waals surface area contributed by atoms with Crippen LogP contribution in [0, 0.1) is 0 Å². The Morgan fingerprint density at radius 3 is 2.62 bits per heavy atom. The summed E-state index contributed by atoms with van der Waals surface area (Å²) in [6.07, 6.45) is 2.50. The zero-order valence-corrected chi connectivity index (χ0v) is 14.1. The van der Waals surface area contributed by atoms with Gasteiger partial charge in [-0.05, 0) is 24.3 Å². The van der Waals surface area contributed by atoms with Crippen molar-refractivity contribution in [2.24, 2.45) is 0 Å². The maximum Gasteiger partial charge on any atom is 0.335 e. The van der Waals surface area contributed by atoms with Crippen LogP contribution in [0.2, 0.25) is 0 Å². The van der Waals surface area contributed by atoms with E-state index in [1.54, 1.807) is 24.4 Å². The van der Waals surface area contributed by atoms with Gasteiger partial charge in [0.25, 0.3) is 0 Å². The number of aryl methyl sites for hydroxylation is 1. The van der Waals surface area contributed by atoms with Crippen molar-refractivity contribution >= 4 is 39.3 Å². The molecule has 0 atom stereocenters. The minimum atomic E-state index is -0.982. The molecule has 2 aromatic heterocycles. The van der Waals surface area contributed by atoms with Crippen LogP contribution in [0.15, 0.2) is 54.7 Å². The number of pyridine rings is 1. The van der Waals surface area contributed by atoms with Gasteiger partial charge in [-0.25, -0.2) is 19.7 Å². The monoisotopic (exact) mass is 344 g/mol.